The van der Waals surface area contributed by atoms with E-state index in [0.29, 0.717) is 11.8 Å². The molecule has 1 aromatic carbocycles. The van der Waals surface area contributed by atoms with Crippen LogP contribution in [0.1, 0.15) is 23.2 Å². The summed E-state index contributed by atoms with van der Waals surface area (Å²) in [6.45, 7) is 3.74. The molecular formula is C14H17N3O3. The highest BCUT2D eigenvalue weighted by Crippen LogP contribution is 2.30. The Morgan fingerprint density at radius 3 is 2.45 bits per heavy atom. The van der Waals surface area contributed by atoms with Crippen molar-refractivity contribution in [3.05, 3.63) is 33.9 Å². The summed E-state index contributed by atoms with van der Waals surface area (Å²) in [6.07, 6.45) is 3.31. The van der Waals surface area contributed by atoms with Gasteiger partial charge in [-0.15, -0.1) is 0 Å². The zero-order chi connectivity index (χ0) is 14.1. The van der Waals surface area contributed by atoms with Gasteiger partial charge in [0.1, 0.15) is 0 Å². The molecule has 0 spiro atoms. The minimum atomic E-state index is -0.470. The Hall–Kier alpha value is -1.95. The van der Waals surface area contributed by atoms with E-state index in [9.17, 15) is 14.9 Å². The normalized spacial score (nSPS) is 19.9. The first kappa shape index (κ1) is 13.1. The molecule has 1 aliphatic heterocycles. The van der Waals surface area contributed by atoms with Crippen LogP contribution in [0.25, 0.3) is 0 Å². The number of benzene rings is 1. The first-order chi connectivity index (χ1) is 9.69. The van der Waals surface area contributed by atoms with E-state index < -0.39 is 4.92 Å². The van der Waals surface area contributed by atoms with Crippen molar-refractivity contribution in [2.45, 2.75) is 18.9 Å². The highest BCUT2D eigenvalue weighted by molar-refractivity contribution is 5.86. The van der Waals surface area contributed by atoms with E-state index in [1.165, 1.54) is 25.0 Å². The molecule has 1 heterocycles. The van der Waals surface area contributed by atoms with Crippen LogP contribution in [0.3, 0.4) is 0 Å². The van der Waals surface area contributed by atoms with Gasteiger partial charge in [0.25, 0.3) is 5.69 Å². The number of hydrogen-bond donors (Lipinski definition) is 0. The van der Waals surface area contributed by atoms with Crippen LogP contribution in [0.2, 0.25) is 0 Å². The highest BCUT2D eigenvalue weighted by atomic mass is 16.6. The van der Waals surface area contributed by atoms with Gasteiger partial charge in [-0.1, -0.05) is 0 Å². The van der Waals surface area contributed by atoms with Crippen molar-refractivity contribution in [1.29, 1.82) is 0 Å². The number of anilines is 1. The van der Waals surface area contributed by atoms with Crippen molar-refractivity contribution in [1.82, 2.24) is 4.90 Å². The molecule has 106 valence electrons. The third kappa shape index (κ3) is 2.51. The fourth-order valence-corrected chi connectivity index (χ4v) is 2.81. The van der Waals surface area contributed by atoms with Gasteiger partial charge in [-0.25, -0.2) is 0 Å². The summed E-state index contributed by atoms with van der Waals surface area (Å²) in [4.78, 5) is 26.1. The number of nitro groups is 1. The number of hydrogen-bond acceptors (Lipinski definition) is 5. The van der Waals surface area contributed by atoms with Gasteiger partial charge in [0.15, 0.2) is 6.29 Å². The fraction of sp³-hybridized carbons (Fsp3) is 0.500. The lowest BCUT2D eigenvalue weighted by molar-refractivity contribution is -0.384. The zero-order valence-corrected chi connectivity index (χ0v) is 11.2. The molecule has 0 unspecified atom stereocenters. The Balaban J connectivity index is 1.76. The Morgan fingerprint density at radius 2 is 1.90 bits per heavy atom. The van der Waals surface area contributed by atoms with Gasteiger partial charge in [-0.2, -0.15) is 0 Å². The number of non-ortho nitro benzene ring substituents is 1. The summed E-state index contributed by atoms with van der Waals surface area (Å²) < 4.78 is 0. The van der Waals surface area contributed by atoms with Crippen LogP contribution < -0.4 is 4.90 Å². The van der Waals surface area contributed by atoms with Crippen LogP contribution >= 0.6 is 0 Å². The number of piperazine rings is 1. The smallest absolute Gasteiger partial charge is 0.270 e. The lowest BCUT2D eigenvalue weighted by Crippen LogP contribution is -2.47. The predicted molar refractivity (Wildman–Crippen MR) is 75.3 cm³/mol. The monoisotopic (exact) mass is 275 g/mol. The highest BCUT2D eigenvalue weighted by Gasteiger charge is 2.31. The number of nitro benzene ring substituents is 1. The molecular weight excluding hydrogens is 258 g/mol. The van der Waals surface area contributed by atoms with Gasteiger partial charge in [-0.3, -0.25) is 19.8 Å². The Kier molecular flexibility index (Phi) is 3.40. The molecule has 0 radical (unpaired) electrons. The Bertz CT molecular complexity index is 534. The first-order valence-electron chi connectivity index (χ1n) is 6.91. The summed E-state index contributed by atoms with van der Waals surface area (Å²) in [7, 11) is 0. The third-order valence-electron chi connectivity index (χ3n) is 4.07. The standard InChI is InChI=1S/C14H17N3O3/c18-10-11-9-13(17(19)20)3-4-14(11)16-7-5-15(6-8-16)12-1-2-12/h3-4,9-10,12H,1-2,5-8H2. The molecule has 1 aromatic rings. The van der Waals surface area contributed by atoms with Crippen molar-refractivity contribution in [2.24, 2.45) is 0 Å². The van der Waals surface area contributed by atoms with Crippen LogP contribution in [0.4, 0.5) is 11.4 Å². The Morgan fingerprint density at radius 1 is 1.20 bits per heavy atom. The number of rotatable bonds is 4. The second kappa shape index (κ2) is 5.20. The molecule has 2 aliphatic rings. The fourth-order valence-electron chi connectivity index (χ4n) is 2.81. The molecule has 0 aromatic heterocycles. The lowest BCUT2D eigenvalue weighted by Gasteiger charge is -2.36. The van der Waals surface area contributed by atoms with Crippen molar-refractivity contribution in [3.8, 4) is 0 Å². The number of nitrogens with zero attached hydrogens (tertiary/aromatic N) is 3. The molecule has 0 N–H and O–H groups in total. The zero-order valence-electron chi connectivity index (χ0n) is 11.2. The van der Waals surface area contributed by atoms with E-state index in [2.05, 4.69) is 9.80 Å². The largest absolute Gasteiger partial charge is 0.368 e. The van der Waals surface area contributed by atoms with Crippen molar-refractivity contribution in [3.63, 3.8) is 0 Å². The van der Waals surface area contributed by atoms with Crippen molar-refractivity contribution >= 4 is 17.7 Å². The topological polar surface area (TPSA) is 66.7 Å². The van der Waals surface area contributed by atoms with Gasteiger partial charge >= 0.3 is 0 Å². The van der Waals surface area contributed by atoms with E-state index in [1.54, 1.807) is 6.07 Å². The van der Waals surface area contributed by atoms with Gasteiger partial charge in [0, 0.05) is 55.6 Å². The summed E-state index contributed by atoms with van der Waals surface area (Å²) in [5, 5.41) is 10.8. The van der Waals surface area contributed by atoms with E-state index in [4.69, 9.17) is 0 Å². The number of carbonyl (C=O) groups excluding carboxylic acids is 1. The van der Waals surface area contributed by atoms with Gasteiger partial charge in [0.05, 0.1) is 4.92 Å². The average Bonchev–Trinajstić information content (AvgIpc) is 3.31. The second-order valence-corrected chi connectivity index (χ2v) is 5.37. The molecule has 20 heavy (non-hydrogen) atoms. The molecule has 0 atom stereocenters. The van der Waals surface area contributed by atoms with E-state index in [1.807, 2.05) is 0 Å². The average molecular weight is 275 g/mol. The summed E-state index contributed by atoms with van der Waals surface area (Å²) in [5.41, 5.74) is 1.17. The number of carbonyl (C=O) groups is 1. The van der Waals surface area contributed by atoms with Crippen LogP contribution in [0, 0.1) is 10.1 Å². The number of aldehydes is 1. The third-order valence-corrected chi connectivity index (χ3v) is 4.07. The minimum absolute atomic E-state index is 0.0348. The van der Waals surface area contributed by atoms with Crippen LogP contribution in [0.15, 0.2) is 18.2 Å². The summed E-state index contributed by atoms with van der Waals surface area (Å²) in [5.74, 6) is 0. The molecule has 0 bridgehead atoms. The van der Waals surface area contributed by atoms with Gasteiger partial charge < -0.3 is 4.90 Å². The lowest BCUT2D eigenvalue weighted by atomic mass is 10.1. The van der Waals surface area contributed by atoms with Gasteiger partial charge in [-0.05, 0) is 18.9 Å². The molecule has 6 nitrogen and oxygen atoms in total. The maximum Gasteiger partial charge on any atom is 0.270 e. The summed E-state index contributed by atoms with van der Waals surface area (Å²) in [6, 6.07) is 5.28. The molecule has 6 heteroatoms. The van der Waals surface area contributed by atoms with Gasteiger partial charge in [0.2, 0.25) is 0 Å². The summed E-state index contributed by atoms with van der Waals surface area (Å²) >= 11 is 0. The molecule has 0 amide bonds. The second-order valence-electron chi connectivity index (χ2n) is 5.37. The Labute approximate surface area is 117 Å². The predicted octanol–water partition coefficient (Wildman–Crippen LogP) is 1.69. The minimum Gasteiger partial charge on any atom is -0.368 e. The van der Waals surface area contributed by atoms with Crippen LogP contribution in [0.5, 0.6) is 0 Å². The SMILES string of the molecule is O=Cc1cc([N+](=O)[O-])ccc1N1CCN(C2CC2)CC1. The molecule has 1 aliphatic carbocycles. The quantitative estimate of drug-likeness (QED) is 0.475. The maximum absolute atomic E-state index is 11.2. The van der Waals surface area contributed by atoms with E-state index in [-0.39, 0.29) is 5.69 Å². The van der Waals surface area contributed by atoms with E-state index in [0.717, 1.165) is 37.9 Å². The molecule has 1 saturated heterocycles. The molecule has 1 saturated carbocycles. The molecule has 2 fully saturated rings. The van der Waals surface area contributed by atoms with Crippen LogP contribution in [-0.2, 0) is 0 Å². The van der Waals surface area contributed by atoms with Crippen molar-refractivity contribution in [2.75, 3.05) is 31.1 Å². The van der Waals surface area contributed by atoms with Crippen LogP contribution in [-0.4, -0.2) is 48.3 Å². The van der Waals surface area contributed by atoms with Crippen molar-refractivity contribution < 1.29 is 9.72 Å². The van der Waals surface area contributed by atoms with E-state index >= 15 is 0 Å². The maximum atomic E-state index is 11.2. The molecule has 3 rings (SSSR count). The first-order valence-corrected chi connectivity index (χ1v) is 6.91.